The summed E-state index contributed by atoms with van der Waals surface area (Å²) in [5, 5.41) is 3.24. The standard InChI is InChI=1S/C18H18F3NO/c19-18(20,21)15-7-5-13(6-8-15)17-4-2-1-3-14(17)12-23-16-9-10-22-11-16/h1-8,16,22H,9-12H2. The molecular weight excluding hydrogens is 303 g/mol. The summed E-state index contributed by atoms with van der Waals surface area (Å²) >= 11 is 0. The smallest absolute Gasteiger partial charge is 0.372 e. The second-order valence-electron chi connectivity index (χ2n) is 5.66. The van der Waals surface area contributed by atoms with Gasteiger partial charge in [0.05, 0.1) is 18.3 Å². The van der Waals surface area contributed by atoms with Crippen molar-refractivity contribution >= 4 is 0 Å². The Morgan fingerprint density at radius 2 is 1.78 bits per heavy atom. The molecule has 2 aromatic carbocycles. The summed E-state index contributed by atoms with van der Waals surface area (Å²) in [5.74, 6) is 0. The Morgan fingerprint density at radius 3 is 2.43 bits per heavy atom. The van der Waals surface area contributed by atoms with Crippen LogP contribution in [0.2, 0.25) is 0 Å². The van der Waals surface area contributed by atoms with Gasteiger partial charge in [0.1, 0.15) is 0 Å². The van der Waals surface area contributed by atoms with Gasteiger partial charge in [-0.15, -0.1) is 0 Å². The zero-order valence-corrected chi connectivity index (χ0v) is 12.6. The van der Waals surface area contributed by atoms with Gasteiger partial charge in [-0.1, -0.05) is 36.4 Å². The molecule has 3 rings (SSSR count). The van der Waals surface area contributed by atoms with Crippen molar-refractivity contribution in [1.29, 1.82) is 0 Å². The van der Waals surface area contributed by atoms with E-state index in [9.17, 15) is 13.2 Å². The van der Waals surface area contributed by atoms with E-state index in [0.29, 0.717) is 6.61 Å². The monoisotopic (exact) mass is 321 g/mol. The van der Waals surface area contributed by atoms with Crippen LogP contribution in [-0.4, -0.2) is 19.2 Å². The Labute approximate surface area is 133 Å². The maximum atomic E-state index is 12.7. The number of benzene rings is 2. The SMILES string of the molecule is FC(F)(F)c1ccc(-c2ccccc2COC2CCNC2)cc1. The summed E-state index contributed by atoms with van der Waals surface area (Å²) in [5.41, 5.74) is 2.03. The van der Waals surface area contributed by atoms with Crippen LogP contribution in [-0.2, 0) is 17.5 Å². The summed E-state index contributed by atoms with van der Waals surface area (Å²) < 4.78 is 43.9. The molecule has 1 unspecified atom stereocenters. The summed E-state index contributed by atoms with van der Waals surface area (Å²) in [6.07, 6.45) is -3.12. The van der Waals surface area contributed by atoms with E-state index in [1.807, 2.05) is 24.3 Å². The predicted octanol–water partition coefficient (Wildman–Crippen LogP) is 4.25. The summed E-state index contributed by atoms with van der Waals surface area (Å²) in [6.45, 7) is 2.28. The third kappa shape index (κ3) is 3.92. The van der Waals surface area contributed by atoms with E-state index in [1.165, 1.54) is 12.1 Å². The molecule has 1 N–H and O–H groups in total. The van der Waals surface area contributed by atoms with Crippen molar-refractivity contribution in [3.05, 3.63) is 59.7 Å². The molecule has 122 valence electrons. The minimum Gasteiger partial charge on any atom is -0.372 e. The molecule has 0 spiro atoms. The summed E-state index contributed by atoms with van der Waals surface area (Å²) in [6, 6.07) is 12.9. The lowest BCUT2D eigenvalue weighted by Crippen LogP contribution is -2.16. The van der Waals surface area contributed by atoms with E-state index in [1.54, 1.807) is 0 Å². The van der Waals surface area contributed by atoms with Crippen LogP contribution in [0.1, 0.15) is 17.5 Å². The second-order valence-corrected chi connectivity index (χ2v) is 5.66. The molecule has 0 bridgehead atoms. The molecule has 0 aromatic heterocycles. The van der Waals surface area contributed by atoms with E-state index < -0.39 is 11.7 Å². The summed E-state index contributed by atoms with van der Waals surface area (Å²) in [4.78, 5) is 0. The predicted molar refractivity (Wildman–Crippen MR) is 82.9 cm³/mol. The van der Waals surface area contributed by atoms with Gasteiger partial charge in [0.25, 0.3) is 0 Å². The fourth-order valence-electron chi connectivity index (χ4n) is 2.74. The van der Waals surface area contributed by atoms with E-state index >= 15 is 0 Å². The first-order valence-corrected chi connectivity index (χ1v) is 7.62. The molecule has 1 aliphatic heterocycles. The van der Waals surface area contributed by atoms with Gasteiger partial charge < -0.3 is 10.1 Å². The number of rotatable bonds is 4. The minimum absolute atomic E-state index is 0.204. The molecule has 2 nitrogen and oxygen atoms in total. The minimum atomic E-state index is -4.31. The zero-order chi connectivity index (χ0) is 16.3. The largest absolute Gasteiger partial charge is 0.416 e. The zero-order valence-electron chi connectivity index (χ0n) is 12.6. The van der Waals surface area contributed by atoms with Gasteiger partial charge >= 0.3 is 6.18 Å². The number of ether oxygens (including phenoxy) is 1. The molecule has 1 atom stereocenters. The maximum Gasteiger partial charge on any atom is 0.416 e. The van der Waals surface area contributed by atoms with Gasteiger partial charge in [-0.3, -0.25) is 0 Å². The maximum absolute atomic E-state index is 12.7. The molecule has 23 heavy (non-hydrogen) atoms. The van der Waals surface area contributed by atoms with Crippen molar-refractivity contribution in [1.82, 2.24) is 5.32 Å². The Kier molecular flexibility index (Phi) is 4.68. The molecule has 1 saturated heterocycles. The number of nitrogens with one attached hydrogen (secondary N) is 1. The quantitative estimate of drug-likeness (QED) is 0.909. The lowest BCUT2D eigenvalue weighted by molar-refractivity contribution is -0.137. The van der Waals surface area contributed by atoms with Gasteiger partial charge in [0.15, 0.2) is 0 Å². The third-order valence-corrected chi connectivity index (χ3v) is 4.03. The van der Waals surface area contributed by atoms with Crippen LogP contribution in [0.5, 0.6) is 0 Å². The third-order valence-electron chi connectivity index (χ3n) is 4.03. The first-order chi connectivity index (χ1) is 11.0. The van der Waals surface area contributed by atoms with Crippen LogP contribution >= 0.6 is 0 Å². The highest BCUT2D eigenvalue weighted by atomic mass is 19.4. The molecule has 0 amide bonds. The molecule has 2 aromatic rings. The van der Waals surface area contributed by atoms with Gasteiger partial charge in [-0.2, -0.15) is 13.2 Å². The fraction of sp³-hybridized carbons (Fsp3) is 0.333. The Bertz CT molecular complexity index is 646. The highest BCUT2D eigenvalue weighted by molar-refractivity contribution is 5.67. The van der Waals surface area contributed by atoms with Gasteiger partial charge in [0.2, 0.25) is 0 Å². The van der Waals surface area contributed by atoms with Gasteiger partial charge in [-0.25, -0.2) is 0 Å². The van der Waals surface area contributed by atoms with Crippen LogP contribution < -0.4 is 5.32 Å². The molecule has 0 saturated carbocycles. The normalized spacial score (nSPS) is 18.3. The molecule has 0 radical (unpaired) electrons. The van der Waals surface area contributed by atoms with Crippen molar-refractivity contribution in [3.8, 4) is 11.1 Å². The average Bonchev–Trinajstić information content (AvgIpc) is 3.06. The summed E-state index contributed by atoms with van der Waals surface area (Å²) in [7, 11) is 0. The van der Waals surface area contributed by atoms with Crippen molar-refractivity contribution in [2.24, 2.45) is 0 Å². The van der Waals surface area contributed by atoms with Crippen molar-refractivity contribution in [2.45, 2.75) is 25.3 Å². The number of hydrogen-bond acceptors (Lipinski definition) is 2. The van der Waals surface area contributed by atoms with Crippen LogP contribution in [0.25, 0.3) is 11.1 Å². The highest BCUT2D eigenvalue weighted by Crippen LogP contribution is 2.32. The first-order valence-electron chi connectivity index (χ1n) is 7.62. The molecule has 5 heteroatoms. The fourth-order valence-corrected chi connectivity index (χ4v) is 2.74. The van der Waals surface area contributed by atoms with Crippen molar-refractivity contribution in [3.63, 3.8) is 0 Å². The molecule has 1 fully saturated rings. The van der Waals surface area contributed by atoms with Gasteiger partial charge in [-0.05, 0) is 41.8 Å². The molecule has 1 aliphatic rings. The van der Waals surface area contributed by atoms with E-state index in [-0.39, 0.29) is 6.10 Å². The van der Waals surface area contributed by atoms with Crippen molar-refractivity contribution < 1.29 is 17.9 Å². The van der Waals surface area contributed by atoms with E-state index in [0.717, 1.165) is 48.3 Å². The van der Waals surface area contributed by atoms with E-state index in [4.69, 9.17) is 4.74 Å². The Hall–Kier alpha value is -1.85. The lowest BCUT2D eigenvalue weighted by atomic mass is 9.99. The highest BCUT2D eigenvalue weighted by Gasteiger charge is 2.30. The first kappa shape index (κ1) is 16.0. The lowest BCUT2D eigenvalue weighted by Gasteiger charge is -2.14. The number of halogens is 3. The van der Waals surface area contributed by atoms with Crippen LogP contribution in [0, 0.1) is 0 Å². The molecule has 0 aliphatic carbocycles. The van der Waals surface area contributed by atoms with E-state index in [2.05, 4.69) is 5.32 Å². The van der Waals surface area contributed by atoms with Crippen LogP contribution in [0.4, 0.5) is 13.2 Å². The second kappa shape index (κ2) is 6.72. The van der Waals surface area contributed by atoms with Crippen LogP contribution in [0.15, 0.2) is 48.5 Å². The Morgan fingerprint density at radius 1 is 1.04 bits per heavy atom. The van der Waals surface area contributed by atoms with Gasteiger partial charge in [0, 0.05) is 6.54 Å². The van der Waals surface area contributed by atoms with Crippen molar-refractivity contribution in [2.75, 3.05) is 13.1 Å². The molecular formula is C18H18F3NO. The Balaban J connectivity index is 1.79. The van der Waals surface area contributed by atoms with Crippen LogP contribution in [0.3, 0.4) is 0 Å². The average molecular weight is 321 g/mol. The molecule has 1 heterocycles. The number of hydrogen-bond donors (Lipinski definition) is 1. The topological polar surface area (TPSA) is 21.3 Å². The number of alkyl halides is 3.